The first kappa shape index (κ1) is 13.5. The highest BCUT2D eigenvalue weighted by Crippen LogP contribution is 2.38. The summed E-state index contributed by atoms with van der Waals surface area (Å²) in [7, 11) is 0. The molecule has 0 spiro atoms. The second-order valence-corrected chi connectivity index (χ2v) is 5.03. The van der Waals surface area contributed by atoms with Crippen molar-refractivity contribution in [3.63, 3.8) is 0 Å². The average molecular weight is 316 g/mol. The highest BCUT2D eigenvalue weighted by Gasteiger charge is 2.15. The zero-order chi connectivity index (χ0) is 13.0. The Morgan fingerprint density at radius 3 is 2.67 bits per heavy atom. The molecule has 1 aromatic carbocycles. The van der Waals surface area contributed by atoms with Gasteiger partial charge >= 0.3 is 0 Å². The Hall–Kier alpha value is -0.940. The Balaban J connectivity index is 2.08. The molecule has 1 aromatic rings. The minimum absolute atomic E-state index is 0.240. The van der Waals surface area contributed by atoms with Crippen molar-refractivity contribution >= 4 is 21.6 Å². The lowest BCUT2D eigenvalue weighted by Crippen LogP contribution is -2.22. The molecule has 1 N–H and O–H groups in total. The predicted molar refractivity (Wildman–Crippen MR) is 74.7 cm³/mol. The zero-order valence-electron chi connectivity index (χ0n) is 10.7. The summed E-state index contributed by atoms with van der Waals surface area (Å²) in [5, 5.41) is 3.39. The zero-order valence-corrected chi connectivity index (χ0v) is 12.2. The molecule has 1 unspecified atom stereocenters. The number of rotatable bonds is 5. The molecule has 1 atom stereocenters. The van der Waals surface area contributed by atoms with Crippen LogP contribution in [0.2, 0.25) is 0 Å². The predicted octanol–water partition coefficient (Wildman–Crippen LogP) is 3.06. The molecule has 0 amide bonds. The molecular formula is C13H18BrNO3. The van der Waals surface area contributed by atoms with Crippen LogP contribution < -0.4 is 14.8 Å². The lowest BCUT2D eigenvalue weighted by atomic mass is 10.2. The van der Waals surface area contributed by atoms with E-state index in [2.05, 4.69) is 28.2 Å². The maximum absolute atomic E-state index is 5.56. The van der Waals surface area contributed by atoms with Crippen molar-refractivity contribution in [1.29, 1.82) is 0 Å². The second-order valence-electron chi connectivity index (χ2n) is 4.18. The third-order valence-corrected chi connectivity index (χ3v) is 3.26. The van der Waals surface area contributed by atoms with Crippen LogP contribution in [0.5, 0.6) is 11.5 Å². The molecule has 1 aliphatic rings. The van der Waals surface area contributed by atoms with Crippen LogP contribution in [0, 0.1) is 0 Å². The van der Waals surface area contributed by atoms with Crippen LogP contribution in [-0.4, -0.2) is 32.5 Å². The summed E-state index contributed by atoms with van der Waals surface area (Å²) in [6, 6.07) is 4.13. The summed E-state index contributed by atoms with van der Waals surface area (Å²) in [6.45, 7) is 6.69. The maximum Gasteiger partial charge on any atom is 0.163 e. The number of anilines is 1. The van der Waals surface area contributed by atoms with Gasteiger partial charge in [-0.25, -0.2) is 0 Å². The minimum Gasteiger partial charge on any atom is -0.486 e. The van der Waals surface area contributed by atoms with Crippen LogP contribution in [0.15, 0.2) is 16.6 Å². The molecule has 2 rings (SSSR count). The van der Waals surface area contributed by atoms with Crippen molar-refractivity contribution in [2.24, 2.45) is 0 Å². The number of benzene rings is 1. The number of halogens is 1. The third kappa shape index (κ3) is 3.29. The number of hydrogen-bond donors (Lipinski definition) is 1. The highest BCUT2D eigenvalue weighted by molar-refractivity contribution is 9.10. The van der Waals surface area contributed by atoms with Gasteiger partial charge in [-0.05, 0) is 29.8 Å². The SMILES string of the molecule is CCOCC(C)Nc1cc2c(cc1Br)OCCO2. The van der Waals surface area contributed by atoms with Crippen LogP contribution >= 0.6 is 15.9 Å². The van der Waals surface area contributed by atoms with Crippen molar-refractivity contribution in [1.82, 2.24) is 0 Å². The lowest BCUT2D eigenvalue weighted by Gasteiger charge is -2.22. The average Bonchev–Trinajstić information content (AvgIpc) is 2.37. The van der Waals surface area contributed by atoms with E-state index in [1.54, 1.807) is 0 Å². The molecule has 0 fully saturated rings. The summed E-state index contributed by atoms with van der Waals surface area (Å²) >= 11 is 3.53. The van der Waals surface area contributed by atoms with E-state index in [1.165, 1.54) is 0 Å². The molecule has 100 valence electrons. The van der Waals surface area contributed by atoms with Crippen LogP contribution in [-0.2, 0) is 4.74 Å². The van der Waals surface area contributed by atoms with Gasteiger partial charge < -0.3 is 19.5 Å². The van der Waals surface area contributed by atoms with E-state index < -0.39 is 0 Å². The van der Waals surface area contributed by atoms with Crippen LogP contribution in [0.3, 0.4) is 0 Å². The summed E-state index contributed by atoms with van der Waals surface area (Å²) < 4.78 is 17.4. The Bertz CT molecular complexity index is 411. The molecule has 1 aliphatic heterocycles. The first-order valence-electron chi connectivity index (χ1n) is 6.14. The van der Waals surface area contributed by atoms with Gasteiger partial charge in [-0.2, -0.15) is 0 Å². The Morgan fingerprint density at radius 2 is 2.00 bits per heavy atom. The first-order valence-corrected chi connectivity index (χ1v) is 6.93. The molecule has 1 heterocycles. The number of hydrogen-bond acceptors (Lipinski definition) is 4. The molecule has 5 heteroatoms. The van der Waals surface area contributed by atoms with Gasteiger partial charge in [0.05, 0.1) is 12.3 Å². The molecule has 0 radical (unpaired) electrons. The van der Waals surface area contributed by atoms with Gasteiger partial charge in [0, 0.05) is 29.3 Å². The van der Waals surface area contributed by atoms with Crippen LogP contribution in [0.4, 0.5) is 5.69 Å². The monoisotopic (exact) mass is 315 g/mol. The van der Waals surface area contributed by atoms with E-state index in [1.807, 2.05) is 19.1 Å². The molecule has 0 aliphatic carbocycles. The van der Waals surface area contributed by atoms with Gasteiger partial charge in [-0.1, -0.05) is 0 Å². The van der Waals surface area contributed by atoms with E-state index in [-0.39, 0.29) is 6.04 Å². The van der Waals surface area contributed by atoms with Gasteiger partial charge in [0.15, 0.2) is 11.5 Å². The summed E-state index contributed by atoms with van der Waals surface area (Å²) in [5.41, 5.74) is 0.992. The van der Waals surface area contributed by atoms with E-state index in [9.17, 15) is 0 Å². The number of fused-ring (bicyclic) bond motifs is 1. The fourth-order valence-corrected chi connectivity index (χ4v) is 2.21. The molecule has 0 bridgehead atoms. The lowest BCUT2D eigenvalue weighted by molar-refractivity contribution is 0.141. The van der Waals surface area contributed by atoms with Crippen molar-refractivity contribution < 1.29 is 14.2 Å². The molecule has 18 heavy (non-hydrogen) atoms. The molecule has 0 saturated heterocycles. The van der Waals surface area contributed by atoms with Gasteiger partial charge in [0.2, 0.25) is 0 Å². The van der Waals surface area contributed by atoms with Crippen LogP contribution in [0.25, 0.3) is 0 Å². The molecule has 4 nitrogen and oxygen atoms in total. The molecular weight excluding hydrogens is 298 g/mol. The van der Waals surface area contributed by atoms with Crippen molar-refractivity contribution in [2.45, 2.75) is 19.9 Å². The highest BCUT2D eigenvalue weighted by atomic mass is 79.9. The van der Waals surface area contributed by atoms with Gasteiger partial charge in [0.1, 0.15) is 13.2 Å². The minimum atomic E-state index is 0.240. The van der Waals surface area contributed by atoms with Gasteiger partial charge in [-0.3, -0.25) is 0 Å². The van der Waals surface area contributed by atoms with E-state index in [0.717, 1.165) is 28.3 Å². The smallest absolute Gasteiger partial charge is 0.163 e. The maximum atomic E-state index is 5.56. The summed E-state index contributed by atoms with van der Waals surface area (Å²) in [6.07, 6.45) is 0. The van der Waals surface area contributed by atoms with Crippen molar-refractivity contribution in [2.75, 3.05) is 31.7 Å². The van der Waals surface area contributed by atoms with Gasteiger partial charge in [0.25, 0.3) is 0 Å². The molecule has 0 saturated carbocycles. The largest absolute Gasteiger partial charge is 0.486 e. The topological polar surface area (TPSA) is 39.7 Å². The Labute approximate surface area is 116 Å². The fraction of sp³-hybridized carbons (Fsp3) is 0.538. The quantitative estimate of drug-likeness (QED) is 0.906. The second kappa shape index (κ2) is 6.29. The van der Waals surface area contributed by atoms with Crippen molar-refractivity contribution in [3.05, 3.63) is 16.6 Å². The Kier molecular flexibility index (Phi) is 4.72. The van der Waals surface area contributed by atoms with E-state index >= 15 is 0 Å². The third-order valence-electron chi connectivity index (χ3n) is 2.61. The van der Waals surface area contributed by atoms with Crippen LogP contribution in [0.1, 0.15) is 13.8 Å². The standard InChI is InChI=1S/C13H18BrNO3/c1-3-16-8-9(2)15-11-7-13-12(6-10(11)14)17-4-5-18-13/h6-7,9,15H,3-5,8H2,1-2H3. The summed E-state index contributed by atoms with van der Waals surface area (Å²) in [4.78, 5) is 0. The number of ether oxygens (including phenoxy) is 3. The Morgan fingerprint density at radius 1 is 1.33 bits per heavy atom. The first-order chi connectivity index (χ1) is 8.70. The number of nitrogens with one attached hydrogen (secondary N) is 1. The fourth-order valence-electron chi connectivity index (χ4n) is 1.78. The van der Waals surface area contributed by atoms with E-state index in [4.69, 9.17) is 14.2 Å². The van der Waals surface area contributed by atoms with E-state index in [0.29, 0.717) is 19.8 Å². The summed E-state index contributed by atoms with van der Waals surface area (Å²) in [5.74, 6) is 1.58. The normalized spacial score (nSPS) is 15.3. The van der Waals surface area contributed by atoms with Gasteiger partial charge in [-0.15, -0.1) is 0 Å². The van der Waals surface area contributed by atoms with Crippen molar-refractivity contribution in [3.8, 4) is 11.5 Å². The molecule has 0 aromatic heterocycles.